The number of rotatable bonds is 1. The first-order valence-electron chi connectivity index (χ1n) is 3.24. The van der Waals surface area contributed by atoms with Crippen LogP contribution in [0.3, 0.4) is 0 Å². The van der Waals surface area contributed by atoms with Gasteiger partial charge in [0.1, 0.15) is 0 Å². The maximum Gasteiger partial charge on any atom is 2.00 e. The van der Waals surface area contributed by atoms with Crippen molar-refractivity contribution in [2.24, 2.45) is 0 Å². The van der Waals surface area contributed by atoms with E-state index in [4.69, 9.17) is 16.3 Å². The van der Waals surface area contributed by atoms with Crippen LogP contribution >= 0.6 is 11.6 Å². The van der Waals surface area contributed by atoms with E-state index in [-0.39, 0.29) is 19.5 Å². The maximum absolute atomic E-state index is 5.61. The molecule has 0 atom stereocenters. The quantitative estimate of drug-likeness (QED) is 0.538. The summed E-state index contributed by atoms with van der Waals surface area (Å²) in [4.78, 5) is 0. The fraction of sp³-hybridized carbons (Fsp3) is 0.222. The van der Waals surface area contributed by atoms with Gasteiger partial charge in [0.15, 0.2) is 0 Å². The molecule has 0 unspecified atom stereocenters. The standard InChI is InChI=1S/C7H6ClO.C2H5.Zn/c1-9-7-4-2-3-6(8)5-7;1-2;/h3-5H,1H3;1H2,2H3;/q2*-1;+2. The Balaban J connectivity index is 0. The van der Waals surface area contributed by atoms with Crippen LogP contribution in [0.4, 0.5) is 0 Å². The molecule has 0 radical (unpaired) electrons. The predicted molar refractivity (Wildman–Crippen MR) is 47.9 cm³/mol. The van der Waals surface area contributed by atoms with Gasteiger partial charge in [-0.05, 0) is 0 Å². The van der Waals surface area contributed by atoms with E-state index in [0.717, 1.165) is 5.75 Å². The zero-order valence-electron chi connectivity index (χ0n) is 7.43. The molecule has 0 bridgehead atoms. The number of hydrogen-bond acceptors (Lipinski definition) is 1. The normalized spacial score (nSPS) is 7.33. The summed E-state index contributed by atoms with van der Waals surface area (Å²) in [5.74, 6) is 0.738. The van der Waals surface area contributed by atoms with Crippen molar-refractivity contribution in [3.63, 3.8) is 0 Å². The minimum absolute atomic E-state index is 0. The molecule has 0 aliphatic heterocycles. The van der Waals surface area contributed by atoms with Crippen LogP contribution in [0.1, 0.15) is 6.92 Å². The van der Waals surface area contributed by atoms with E-state index in [1.54, 1.807) is 32.2 Å². The van der Waals surface area contributed by atoms with Gasteiger partial charge in [-0.3, -0.25) is 0 Å². The number of benzene rings is 1. The molecule has 1 rings (SSSR count). The first-order valence-corrected chi connectivity index (χ1v) is 3.62. The number of ether oxygens (including phenoxy) is 1. The number of hydrogen-bond donors (Lipinski definition) is 0. The van der Waals surface area contributed by atoms with Crippen LogP contribution in [-0.4, -0.2) is 7.11 Å². The van der Waals surface area contributed by atoms with Gasteiger partial charge < -0.3 is 11.7 Å². The maximum atomic E-state index is 5.61. The van der Waals surface area contributed by atoms with Crippen LogP contribution in [0.5, 0.6) is 5.75 Å². The van der Waals surface area contributed by atoms with Gasteiger partial charge in [-0.25, -0.2) is 0 Å². The molecule has 0 heterocycles. The molecule has 0 fully saturated rings. The second kappa shape index (κ2) is 9.02. The molecule has 0 aliphatic carbocycles. The van der Waals surface area contributed by atoms with Crippen molar-refractivity contribution >= 4 is 11.6 Å². The Morgan fingerprint density at radius 1 is 1.42 bits per heavy atom. The first-order chi connectivity index (χ1) is 5.33. The third kappa shape index (κ3) is 5.57. The molecule has 1 aromatic rings. The van der Waals surface area contributed by atoms with Crippen molar-refractivity contribution in [2.45, 2.75) is 6.92 Å². The second-order valence-corrected chi connectivity index (χ2v) is 2.03. The number of halogens is 1. The molecule has 0 N–H and O–H groups in total. The van der Waals surface area contributed by atoms with Gasteiger partial charge >= 0.3 is 19.5 Å². The summed E-state index contributed by atoms with van der Waals surface area (Å²) in [7, 11) is 1.60. The third-order valence-electron chi connectivity index (χ3n) is 0.963. The van der Waals surface area contributed by atoms with Gasteiger partial charge in [-0.2, -0.15) is 30.7 Å². The van der Waals surface area contributed by atoms with E-state index in [2.05, 4.69) is 13.0 Å². The monoisotopic (exact) mass is 234 g/mol. The Labute approximate surface area is 91.8 Å². The van der Waals surface area contributed by atoms with Crippen molar-refractivity contribution in [1.82, 2.24) is 0 Å². The summed E-state index contributed by atoms with van der Waals surface area (Å²) in [6.45, 7) is 5.00. The van der Waals surface area contributed by atoms with Gasteiger partial charge in [-0.1, -0.05) is 5.02 Å². The molecular formula is C9H11ClOZn. The van der Waals surface area contributed by atoms with Crippen LogP contribution in [0.2, 0.25) is 5.02 Å². The average Bonchev–Trinajstić information content (AvgIpc) is 2.08. The summed E-state index contributed by atoms with van der Waals surface area (Å²) < 4.78 is 4.88. The Morgan fingerprint density at radius 2 is 2.00 bits per heavy atom. The molecule has 0 amide bonds. The van der Waals surface area contributed by atoms with Crippen molar-refractivity contribution < 1.29 is 24.2 Å². The van der Waals surface area contributed by atoms with Gasteiger partial charge in [0.2, 0.25) is 0 Å². The van der Waals surface area contributed by atoms with Crippen molar-refractivity contribution in [3.05, 3.63) is 36.2 Å². The fourth-order valence-electron chi connectivity index (χ4n) is 0.540. The minimum Gasteiger partial charge on any atom is -0.554 e. The zero-order valence-corrected chi connectivity index (χ0v) is 11.2. The van der Waals surface area contributed by atoms with E-state index in [0.29, 0.717) is 5.02 Å². The first kappa shape index (κ1) is 14.5. The van der Waals surface area contributed by atoms with Gasteiger partial charge in [0.05, 0.1) is 7.11 Å². The van der Waals surface area contributed by atoms with Gasteiger partial charge in [-0.15, -0.1) is 12.1 Å². The van der Waals surface area contributed by atoms with E-state index in [1.165, 1.54) is 0 Å². The molecule has 0 spiro atoms. The molecule has 12 heavy (non-hydrogen) atoms. The van der Waals surface area contributed by atoms with Crippen LogP contribution in [-0.2, 0) is 19.5 Å². The van der Waals surface area contributed by atoms with E-state index in [9.17, 15) is 0 Å². The van der Waals surface area contributed by atoms with E-state index in [1.807, 2.05) is 0 Å². The molecule has 3 heteroatoms. The van der Waals surface area contributed by atoms with Crippen LogP contribution in [0, 0.1) is 13.0 Å². The Morgan fingerprint density at radius 3 is 2.33 bits per heavy atom. The summed E-state index contributed by atoms with van der Waals surface area (Å²) in [5, 5.41) is 0.648. The molecule has 1 aromatic carbocycles. The predicted octanol–water partition coefficient (Wildman–Crippen LogP) is 2.99. The van der Waals surface area contributed by atoms with Crippen LogP contribution < -0.4 is 4.74 Å². The summed E-state index contributed by atoms with van der Waals surface area (Å²) in [5.41, 5.74) is 0. The van der Waals surface area contributed by atoms with Gasteiger partial charge in [0.25, 0.3) is 0 Å². The topological polar surface area (TPSA) is 9.23 Å². The molecule has 0 saturated carbocycles. The fourth-order valence-corrected chi connectivity index (χ4v) is 0.711. The molecule has 0 saturated heterocycles. The van der Waals surface area contributed by atoms with Crippen molar-refractivity contribution in [3.8, 4) is 5.75 Å². The van der Waals surface area contributed by atoms with Crippen molar-refractivity contribution in [2.75, 3.05) is 7.11 Å². The number of methoxy groups -OCH3 is 1. The molecule has 1 nitrogen and oxygen atoms in total. The largest absolute Gasteiger partial charge is 2.00 e. The third-order valence-corrected chi connectivity index (χ3v) is 1.18. The SMILES string of the molecule is COc1c[c-]cc(Cl)c1.[CH2-]C.[Zn+2]. The molecular weight excluding hydrogens is 225 g/mol. The van der Waals surface area contributed by atoms with Crippen molar-refractivity contribution in [1.29, 1.82) is 0 Å². The Kier molecular flexibility index (Phi) is 10.9. The summed E-state index contributed by atoms with van der Waals surface area (Å²) in [6, 6.07) is 7.97. The smallest absolute Gasteiger partial charge is 0.554 e. The molecule has 62 valence electrons. The summed E-state index contributed by atoms with van der Waals surface area (Å²) >= 11 is 5.61. The zero-order chi connectivity index (χ0) is 8.69. The average molecular weight is 236 g/mol. The summed E-state index contributed by atoms with van der Waals surface area (Å²) in [6.07, 6.45) is 0. The molecule has 0 aromatic heterocycles. The minimum atomic E-state index is 0. The van der Waals surface area contributed by atoms with Gasteiger partial charge in [0, 0.05) is 5.75 Å². The molecule has 0 aliphatic rings. The Bertz CT molecular complexity index is 203. The van der Waals surface area contributed by atoms with E-state index < -0.39 is 0 Å². The van der Waals surface area contributed by atoms with Crippen LogP contribution in [0.25, 0.3) is 0 Å². The van der Waals surface area contributed by atoms with Crippen LogP contribution in [0.15, 0.2) is 18.2 Å². The Hall–Kier alpha value is -0.0666. The van der Waals surface area contributed by atoms with E-state index >= 15 is 0 Å². The second-order valence-electron chi connectivity index (χ2n) is 1.59.